The molecule has 0 aromatic heterocycles. The van der Waals surface area contributed by atoms with Gasteiger partial charge in [-0.25, -0.2) is 16.8 Å². The first-order valence-electron chi connectivity index (χ1n) is 10.4. The summed E-state index contributed by atoms with van der Waals surface area (Å²) in [5, 5.41) is 18.7. The van der Waals surface area contributed by atoms with Gasteiger partial charge in [-0.3, -0.25) is 0 Å². The van der Waals surface area contributed by atoms with Gasteiger partial charge in [0, 0.05) is 0 Å². The highest BCUT2D eigenvalue weighted by molar-refractivity contribution is 7.91. The van der Waals surface area contributed by atoms with Gasteiger partial charge in [-0.1, -0.05) is 0 Å². The van der Waals surface area contributed by atoms with Gasteiger partial charge in [0.15, 0.2) is 0 Å². The van der Waals surface area contributed by atoms with E-state index in [9.17, 15) is 27.0 Å². The first-order chi connectivity index (χ1) is 17.2. The number of rotatable bonds is 8. The fraction of sp³-hybridized carbons (Fsp3) is 0. The van der Waals surface area contributed by atoms with E-state index >= 15 is 0 Å². The number of aromatic hydroxyl groups is 2. The zero-order valence-electron chi connectivity index (χ0n) is 18.6. The first-order valence-corrected chi connectivity index (χ1v) is 13.4. The molecule has 2 N–H and O–H groups in total. The van der Waals surface area contributed by atoms with E-state index in [0.29, 0.717) is 11.5 Å². The molecule has 0 aliphatic carbocycles. The third-order valence-corrected chi connectivity index (χ3v) is 8.60. The summed E-state index contributed by atoms with van der Waals surface area (Å²) in [5.41, 5.74) is 0. The van der Waals surface area contributed by atoms with Crippen LogP contribution >= 0.6 is 0 Å². The van der Waals surface area contributed by atoms with Crippen LogP contribution in [0.25, 0.3) is 0 Å². The van der Waals surface area contributed by atoms with E-state index in [-0.39, 0.29) is 31.1 Å². The van der Waals surface area contributed by atoms with Crippen molar-refractivity contribution >= 4 is 19.7 Å². The number of phenols is 2. The fourth-order valence-electron chi connectivity index (χ4n) is 3.13. The summed E-state index contributed by atoms with van der Waals surface area (Å²) in [6, 6.07) is 22.1. The second kappa shape index (κ2) is 10.1. The largest absolute Gasteiger partial charge is 0.508 e. The Kier molecular flexibility index (Phi) is 7.00. The molecule has 0 saturated heterocycles. The third kappa shape index (κ3) is 5.51. The average Bonchev–Trinajstić information content (AvgIpc) is 2.88. The Balaban J connectivity index is 1.36. The minimum absolute atomic E-state index is 0.0261. The van der Waals surface area contributed by atoms with Gasteiger partial charge in [0.05, 0.1) is 19.6 Å². The van der Waals surface area contributed by atoms with E-state index < -0.39 is 19.7 Å². The molecule has 0 heterocycles. The van der Waals surface area contributed by atoms with Gasteiger partial charge < -0.3 is 19.7 Å². The van der Waals surface area contributed by atoms with E-state index in [0.717, 1.165) is 0 Å². The van der Waals surface area contributed by atoms with Crippen LogP contribution in [0, 0.1) is 0 Å². The molecule has 0 bridgehead atoms. The van der Waals surface area contributed by atoms with Crippen molar-refractivity contribution in [1.29, 1.82) is 0 Å². The second-order valence-electron chi connectivity index (χ2n) is 7.45. The van der Waals surface area contributed by atoms with Crippen LogP contribution in [0.15, 0.2) is 129 Å². The zero-order chi connectivity index (χ0) is 25.8. The molecule has 184 valence electrons. The molecule has 4 aromatic rings. The van der Waals surface area contributed by atoms with E-state index in [1.807, 2.05) is 0 Å². The topological polar surface area (TPSA) is 127 Å². The third-order valence-electron chi connectivity index (χ3n) is 5.03. The molecule has 8 nitrogen and oxygen atoms in total. The maximum absolute atomic E-state index is 12.6. The molecule has 0 spiro atoms. The Morgan fingerprint density at radius 3 is 0.972 bits per heavy atom. The van der Waals surface area contributed by atoms with Gasteiger partial charge in [-0.2, -0.15) is 0 Å². The van der Waals surface area contributed by atoms with Gasteiger partial charge in [-0.05, 0) is 97.1 Å². The predicted molar refractivity (Wildman–Crippen MR) is 130 cm³/mol. The van der Waals surface area contributed by atoms with Gasteiger partial charge in [0.1, 0.15) is 35.5 Å². The fourth-order valence-corrected chi connectivity index (χ4v) is 5.65. The lowest BCUT2D eigenvalue weighted by Crippen LogP contribution is -2.01. The molecule has 0 unspecified atom stereocenters. The van der Waals surface area contributed by atoms with Gasteiger partial charge in [-0.15, -0.1) is 0 Å². The van der Waals surface area contributed by atoms with Crippen LogP contribution < -0.4 is 9.47 Å². The smallest absolute Gasteiger partial charge is 0.206 e. The summed E-state index contributed by atoms with van der Waals surface area (Å²) >= 11 is 0. The van der Waals surface area contributed by atoms with Crippen LogP contribution in [0.5, 0.6) is 23.0 Å². The Labute approximate surface area is 208 Å². The quantitative estimate of drug-likeness (QED) is 0.318. The van der Waals surface area contributed by atoms with E-state index in [1.54, 1.807) is 0 Å². The van der Waals surface area contributed by atoms with Gasteiger partial charge >= 0.3 is 0 Å². The van der Waals surface area contributed by atoms with Crippen molar-refractivity contribution in [2.45, 2.75) is 19.6 Å². The highest BCUT2D eigenvalue weighted by Gasteiger charge is 2.18. The molecule has 0 fully saturated rings. The second-order valence-corrected chi connectivity index (χ2v) is 11.3. The lowest BCUT2D eigenvalue weighted by molar-refractivity contribution is 0.421. The van der Waals surface area contributed by atoms with Crippen LogP contribution in [-0.2, 0) is 19.7 Å². The number of phenolic OH excluding ortho intramolecular Hbond substituents is 2. The minimum atomic E-state index is -3.73. The molecule has 0 amide bonds. The van der Waals surface area contributed by atoms with Crippen LogP contribution in [0.4, 0.5) is 0 Å². The molecule has 0 atom stereocenters. The molecule has 10 heteroatoms. The SMILES string of the molecule is O=S(=O)(c1ccc(O)cc1)c1ccc(OC=COc2ccc(S(=O)(=O)c3ccc(O)cc3)cc2)cc1. The Hall–Kier alpha value is -4.28. The maximum Gasteiger partial charge on any atom is 0.206 e. The number of benzene rings is 4. The van der Waals surface area contributed by atoms with Crippen molar-refractivity contribution in [3.63, 3.8) is 0 Å². The lowest BCUT2D eigenvalue weighted by atomic mass is 10.3. The number of sulfone groups is 2. The summed E-state index contributed by atoms with van der Waals surface area (Å²) in [6.45, 7) is 0. The minimum Gasteiger partial charge on any atom is -0.508 e. The Morgan fingerprint density at radius 2 is 0.694 bits per heavy atom. The summed E-state index contributed by atoms with van der Waals surface area (Å²) in [6.07, 6.45) is 2.51. The molecular formula is C26H20O8S2. The summed E-state index contributed by atoms with van der Waals surface area (Å²) < 4.78 is 61.4. The van der Waals surface area contributed by atoms with Gasteiger partial charge in [0.2, 0.25) is 19.7 Å². The average molecular weight is 525 g/mol. The first kappa shape index (κ1) is 24.8. The highest BCUT2D eigenvalue weighted by Crippen LogP contribution is 2.26. The lowest BCUT2D eigenvalue weighted by Gasteiger charge is -2.07. The summed E-state index contributed by atoms with van der Waals surface area (Å²) in [4.78, 5) is 0.263. The molecular weight excluding hydrogens is 504 g/mol. The highest BCUT2D eigenvalue weighted by atomic mass is 32.2. The summed E-state index contributed by atoms with van der Waals surface area (Å²) in [5.74, 6) is 0.688. The van der Waals surface area contributed by atoms with Crippen LogP contribution in [0.2, 0.25) is 0 Å². The molecule has 4 rings (SSSR count). The predicted octanol–water partition coefficient (Wildman–Crippen LogP) is 4.69. The van der Waals surface area contributed by atoms with Crippen LogP contribution in [0.3, 0.4) is 0 Å². The standard InChI is InChI=1S/C26H20O8S2/c27-19-1-9-23(10-2-19)35(29,30)25-13-5-21(6-14-25)33-17-18-34-22-7-15-26(16-8-22)36(31,32)24-11-3-20(28)4-12-24/h1-18,27-28H. The Bertz CT molecular complexity index is 1450. The van der Waals surface area contributed by atoms with E-state index in [2.05, 4.69) is 0 Å². The number of ether oxygens (including phenoxy) is 2. The Morgan fingerprint density at radius 1 is 0.444 bits per heavy atom. The zero-order valence-corrected chi connectivity index (χ0v) is 20.2. The van der Waals surface area contributed by atoms with Crippen molar-refractivity contribution < 1.29 is 36.5 Å². The summed E-state index contributed by atoms with van der Waals surface area (Å²) in [7, 11) is -7.46. The molecule has 4 aromatic carbocycles. The molecule has 0 aliphatic rings. The monoisotopic (exact) mass is 524 g/mol. The van der Waals surface area contributed by atoms with Crippen LogP contribution in [-0.4, -0.2) is 27.0 Å². The van der Waals surface area contributed by atoms with Crippen molar-refractivity contribution in [1.82, 2.24) is 0 Å². The van der Waals surface area contributed by atoms with E-state index in [4.69, 9.17) is 9.47 Å². The van der Waals surface area contributed by atoms with Crippen molar-refractivity contribution in [2.24, 2.45) is 0 Å². The van der Waals surface area contributed by atoms with E-state index in [1.165, 1.54) is 110 Å². The molecule has 0 aliphatic heterocycles. The van der Waals surface area contributed by atoms with Crippen molar-refractivity contribution in [3.05, 3.63) is 110 Å². The molecule has 0 saturated carbocycles. The van der Waals surface area contributed by atoms with Crippen LogP contribution in [0.1, 0.15) is 0 Å². The maximum atomic E-state index is 12.6. The molecule has 0 radical (unpaired) electrons. The van der Waals surface area contributed by atoms with Gasteiger partial charge in [0.25, 0.3) is 0 Å². The molecule has 36 heavy (non-hydrogen) atoms. The van der Waals surface area contributed by atoms with Crippen molar-refractivity contribution in [3.8, 4) is 23.0 Å². The number of hydrogen-bond acceptors (Lipinski definition) is 8. The van der Waals surface area contributed by atoms with Crippen molar-refractivity contribution in [2.75, 3.05) is 0 Å². The normalized spacial score (nSPS) is 11.9. The number of hydrogen-bond donors (Lipinski definition) is 2.